The van der Waals surface area contributed by atoms with Crippen LogP contribution in [0.15, 0.2) is 35.7 Å². The Labute approximate surface area is 104 Å². The Kier molecular flexibility index (Phi) is 3.44. The molecule has 0 saturated heterocycles. The van der Waals surface area contributed by atoms with E-state index in [1.807, 2.05) is 30.5 Å². The summed E-state index contributed by atoms with van der Waals surface area (Å²) in [5, 5.41) is 4.79. The molecule has 2 aromatic rings. The first-order valence-electron chi connectivity index (χ1n) is 5.44. The van der Waals surface area contributed by atoms with E-state index in [0.717, 1.165) is 22.5 Å². The number of nitrogens with two attached hydrogens (primary N) is 1. The zero-order chi connectivity index (χ0) is 12.3. The summed E-state index contributed by atoms with van der Waals surface area (Å²) in [5.41, 5.74) is 8.11. The second-order valence-corrected chi connectivity index (χ2v) is 4.62. The van der Waals surface area contributed by atoms with Crippen molar-refractivity contribution in [3.8, 4) is 0 Å². The molecule has 1 amide bonds. The Morgan fingerprint density at radius 2 is 2.24 bits per heavy atom. The number of nitrogen functional groups attached to an aromatic ring is 1. The maximum Gasteiger partial charge on any atom is 0.266 e. The van der Waals surface area contributed by atoms with Crippen LogP contribution < -0.4 is 11.1 Å². The fraction of sp³-hybridized carbons (Fsp3) is 0.154. The number of hydrogen-bond acceptors (Lipinski definition) is 3. The molecule has 1 heterocycles. The molecule has 0 saturated carbocycles. The van der Waals surface area contributed by atoms with E-state index in [2.05, 4.69) is 5.32 Å². The van der Waals surface area contributed by atoms with Crippen LogP contribution in [0.4, 0.5) is 11.4 Å². The molecule has 0 radical (unpaired) electrons. The van der Waals surface area contributed by atoms with Crippen LogP contribution in [0.25, 0.3) is 0 Å². The number of amides is 1. The van der Waals surface area contributed by atoms with Gasteiger partial charge >= 0.3 is 0 Å². The Balaban J connectivity index is 2.17. The first-order chi connectivity index (χ1) is 8.20. The van der Waals surface area contributed by atoms with Crippen LogP contribution in [0.1, 0.15) is 22.2 Å². The number of nitrogens with one attached hydrogen (secondary N) is 1. The normalized spacial score (nSPS) is 10.2. The SMILES string of the molecule is CCc1ccsc1C(=O)Nc1cccc(N)c1. The molecule has 0 unspecified atom stereocenters. The maximum atomic E-state index is 12.0. The molecule has 17 heavy (non-hydrogen) atoms. The third kappa shape index (κ3) is 2.65. The third-order valence-corrected chi connectivity index (χ3v) is 3.43. The van der Waals surface area contributed by atoms with Crippen LogP contribution in [-0.2, 0) is 6.42 Å². The minimum absolute atomic E-state index is 0.0672. The van der Waals surface area contributed by atoms with Crippen molar-refractivity contribution in [1.29, 1.82) is 0 Å². The van der Waals surface area contributed by atoms with Crippen LogP contribution in [0, 0.1) is 0 Å². The lowest BCUT2D eigenvalue weighted by molar-refractivity contribution is 0.103. The van der Waals surface area contributed by atoms with Crippen molar-refractivity contribution >= 4 is 28.6 Å². The van der Waals surface area contributed by atoms with E-state index in [-0.39, 0.29) is 5.91 Å². The van der Waals surface area contributed by atoms with Gasteiger partial charge in [0.2, 0.25) is 0 Å². The summed E-state index contributed by atoms with van der Waals surface area (Å²) in [6.45, 7) is 2.04. The summed E-state index contributed by atoms with van der Waals surface area (Å²) in [4.78, 5) is 12.8. The van der Waals surface area contributed by atoms with Gasteiger partial charge in [-0.3, -0.25) is 4.79 Å². The van der Waals surface area contributed by atoms with E-state index in [9.17, 15) is 4.79 Å². The standard InChI is InChI=1S/C13H14N2OS/c1-2-9-6-7-17-12(9)13(16)15-11-5-3-4-10(14)8-11/h3-8H,2,14H2,1H3,(H,15,16). The third-order valence-electron chi connectivity index (χ3n) is 2.48. The number of carbonyl (C=O) groups is 1. The van der Waals surface area contributed by atoms with Gasteiger partial charge in [-0.15, -0.1) is 11.3 Å². The molecular weight excluding hydrogens is 232 g/mol. The van der Waals surface area contributed by atoms with Crippen LogP contribution in [0.5, 0.6) is 0 Å². The van der Waals surface area contributed by atoms with Crippen molar-refractivity contribution < 1.29 is 4.79 Å². The van der Waals surface area contributed by atoms with E-state index in [4.69, 9.17) is 5.73 Å². The first-order valence-corrected chi connectivity index (χ1v) is 6.32. The summed E-state index contributed by atoms with van der Waals surface area (Å²) in [6, 6.07) is 9.17. The van der Waals surface area contributed by atoms with E-state index in [1.165, 1.54) is 11.3 Å². The molecule has 88 valence electrons. The van der Waals surface area contributed by atoms with Crippen molar-refractivity contribution in [2.24, 2.45) is 0 Å². The molecule has 0 aliphatic carbocycles. The molecule has 0 bridgehead atoms. The Hall–Kier alpha value is -1.81. The molecule has 2 rings (SSSR count). The highest BCUT2D eigenvalue weighted by molar-refractivity contribution is 7.12. The van der Waals surface area contributed by atoms with E-state index < -0.39 is 0 Å². The average molecular weight is 246 g/mol. The highest BCUT2D eigenvalue weighted by atomic mass is 32.1. The first kappa shape index (κ1) is 11.7. The summed E-state index contributed by atoms with van der Waals surface area (Å²) in [6.07, 6.45) is 0.864. The van der Waals surface area contributed by atoms with Crippen molar-refractivity contribution in [2.45, 2.75) is 13.3 Å². The molecule has 0 aliphatic rings. The second-order valence-electron chi connectivity index (χ2n) is 3.71. The smallest absolute Gasteiger partial charge is 0.266 e. The van der Waals surface area contributed by atoms with Gasteiger partial charge < -0.3 is 11.1 Å². The number of aryl methyl sites for hydroxylation is 1. The fourth-order valence-corrected chi connectivity index (χ4v) is 2.51. The summed E-state index contributed by atoms with van der Waals surface area (Å²) < 4.78 is 0. The van der Waals surface area contributed by atoms with E-state index in [0.29, 0.717) is 5.69 Å². The summed E-state index contributed by atoms with van der Waals surface area (Å²) in [5.74, 6) is -0.0672. The summed E-state index contributed by atoms with van der Waals surface area (Å²) >= 11 is 1.46. The monoisotopic (exact) mass is 246 g/mol. The molecule has 4 heteroatoms. The van der Waals surface area contributed by atoms with Gasteiger partial charge in [0.1, 0.15) is 0 Å². The van der Waals surface area contributed by atoms with Gasteiger partial charge in [-0.25, -0.2) is 0 Å². The molecule has 0 aliphatic heterocycles. The Morgan fingerprint density at radius 3 is 2.94 bits per heavy atom. The van der Waals surface area contributed by atoms with Crippen LogP contribution in [0.3, 0.4) is 0 Å². The molecule has 3 nitrogen and oxygen atoms in total. The predicted molar refractivity (Wildman–Crippen MR) is 72.5 cm³/mol. The number of thiophene rings is 1. The molecule has 3 N–H and O–H groups in total. The number of anilines is 2. The maximum absolute atomic E-state index is 12.0. The van der Waals surface area contributed by atoms with Crippen molar-refractivity contribution in [3.05, 3.63) is 46.2 Å². The average Bonchev–Trinajstić information content (AvgIpc) is 2.77. The zero-order valence-corrected chi connectivity index (χ0v) is 10.4. The van der Waals surface area contributed by atoms with E-state index in [1.54, 1.807) is 12.1 Å². The summed E-state index contributed by atoms with van der Waals surface area (Å²) in [7, 11) is 0. The van der Waals surface area contributed by atoms with Gasteiger partial charge in [-0.05, 0) is 41.6 Å². The Morgan fingerprint density at radius 1 is 1.41 bits per heavy atom. The van der Waals surface area contributed by atoms with Gasteiger partial charge in [0.25, 0.3) is 5.91 Å². The second kappa shape index (κ2) is 5.01. The molecule has 1 aromatic heterocycles. The number of carbonyl (C=O) groups excluding carboxylic acids is 1. The quantitative estimate of drug-likeness (QED) is 0.817. The molecule has 0 fully saturated rings. The predicted octanol–water partition coefficient (Wildman–Crippen LogP) is 3.15. The largest absolute Gasteiger partial charge is 0.399 e. The minimum atomic E-state index is -0.0672. The zero-order valence-electron chi connectivity index (χ0n) is 9.57. The van der Waals surface area contributed by atoms with Gasteiger partial charge in [0, 0.05) is 11.4 Å². The van der Waals surface area contributed by atoms with Crippen molar-refractivity contribution in [1.82, 2.24) is 0 Å². The topological polar surface area (TPSA) is 55.1 Å². The Bertz CT molecular complexity index is 534. The number of benzene rings is 1. The van der Waals surface area contributed by atoms with Crippen molar-refractivity contribution in [3.63, 3.8) is 0 Å². The lowest BCUT2D eigenvalue weighted by Gasteiger charge is -2.05. The van der Waals surface area contributed by atoms with Crippen LogP contribution >= 0.6 is 11.3 Å². The van der Waals surface area contributed by atoms with Gasteiger partial charge in [-0.1, -0.05) is 13.0 Å². The van der Waals surface area contributed by atoms with Crippen LogP contribution in [-0.4, -0.2) is 5.91 Å². The van der Waals surface area contributed by atoms with Crippen LogP contribution in [0.2, 0.25) is 0 Å². The molecule has 1 aromatic carbocycles. The molecule has 0 spiro atoms. The number of rotatable bonds is 3. The highest BCUT2D eigenvalue weighted by Crippen LogP contribution is 2.20. The van der Waals surface area contributed by atoms with Crippen molar-refractivity contribution in [2.75, 3.05) is 11.1 Å². The van der Waals surface area contributed by atoms with Gasteiger partial charge in [-0.2, -0.15) is 0 Å². The minimum Gasteiger partial charge on any atom is -0.399 e. The lowest BCUT2D eigenvalue weighted by atomic mass is 10.2. The number of hydrogen-bond donors (Lipinski definition) is 2. The molecular formula is C13H14N2OS. The highest BCUT2D eigenvalue weighted by Gasteiger charge is 2.11. The fourth-order valence-electron chi connectivity index (χ4n) is 1.62. The lowest BCUT2D eigenvalue weighted by Crippen LogP contribution is -2.12. The van der Waals surface area contributed by atoms with E-state index >= 15 is 0 Å². The van der Waals surface area contributed by atoms with Gasteiger partial charge in [0.05, 0.1) is 4.88 Å². The molecule has 0 atom stereocenters. The van der Waals surface area contributed by atoms with Gasteiger partial charge in [0.15, 0.2) is 0 Å².